The van der Waals surface area contributed by atoms with Gasteiger partial charge in [-0.05, 0) is 28.8 Å². The highest BCUT2D eigenvalue weighted by atomic mass is 35.5. The molecule has 1 nitrogen and oxygen atoms in total. The molecule has 1 N–H and O–H groups in total. The minimum atomic E-state index is 0.0860. The Labute approximate surface area is 127 Å². The molecule has 0 bridgehead atoms. The lowest BCUT2D eigenvalue weighted by molar-refractivity contribution is 0.282. The van der Waals surface area contributed by atoms with Crippen LogP contribution in [0.25, 0.3) is 0 Å². The summed E-state index contributed by atoms with van der Waals surface area (Å²) in [7, 11) is 0. The van der Waals surface area contributed by atoms with Gasteiger partial charge in [0.1, 0.15) is 0 Å². The van der Waals surface area contributed by atoms with E-state index in [1.54, 1.807) is 11.8 Å². The van der Waals surface area contributed by atoms with Crippen LogP contribution in [-0.2, 0) is 18.1 Å². The Morgan fingerprint density at radius 1 is 0.842 bits per heavy atom. The van der Waals surface area contributed by atoms with Gasteiger partial charge in [-0.2, -0.15) is 11.8 Å². The van der Waals surface area contributed by atoms with Gasteiger partial charge in [0.05, 0.1) is 6.61 Å². The predicted octanol–water partition coefficient (Wildman–Crippen LogP) is 4.92. The average molecular weight is 313 g/mol. The van der Waals surface area contributed by atoms with Crippen LogP contribution in [0.2, 0.25) is 10.0 Å². The molecule has 19 heavy (non-hydrogen) atoms. The number of aliphatic hydroxyl groups is 1. The highest BCUT2D eigenvalue weighted by molar-refractivity contribution is 7.97. The highest BCUT2D eigenvalue weighted by Gasteiger charge is 2.05. The zero-order valence-corrected chi connectivity index (χ0v) is 12.6. The molecule has 4 heteroatoms. The van der Waals surface area contributed by atoms with Crippen LogP contribution in [0.5, 0.6) is 0 Å². The molecule has 0 aliphatic rings. The van der Waals surface area contributed by atoms with Gasteiger partial charge in [0, 0.05) is 21.6 Å². The fraction of sp³-hybridized carbons (Fsp3) is 0.200. The summed E-state index contributed by atoms with van der Waals surface area (Å²) in [5.74, 6) is 1.69. The van der Waals surface area contributed by atoms with E-state index in [4.69, 9.17) is 28.3 Å². The van der Waals surface area contributed by atoms with Gasteiger partial charge >= 0.3 is 0 Å². The Balaban J connectivity index is 1.92. The van der Waals surface area contributed by atoms with E-state index in [0.29, 0.717) is 0 Å². The maximum absolute atomic E-state index is 8.98. The van der Waals surface area contributed by atoms with Crippen molar-refractivity contribution >= 4 is 35.0 Å². The molecule has 0 saturated heterocycles. The average Bonchev–Trinajstić information content (AvgIpc) is 2.43. The van der Waals surface area contributed by atoms with Crippen LogP contribution in [0.1, 0.15) is 16.7 Å². The van der Waals surface area contributed by atoms with Crippen LogP contribution in [0.15, 0.2) is 42.5 Å². The van der Waals surface area contributed by atoms with Crippen LogP contribution >= 0.6 is 35.0 Å². The molecule has 0 atom stereocenters. The molecule has 0 aliphatic heterocycles. The van der Waals surface area contributed by atoms with Gasteiger partial charge in [0.2, 0.25) is 0 Å². The van der Waals surface area contributed by atoms with Crippen molar-refractivity contribution in [1.82, 2.24) is 0 Å². The summed E-state index contributed by atoms with van der Waals surface area (Å²) < 4.78 is 0. The molecular weight excluding hydrogens is 299 g/mol. The van der Waals surface area contributed by atoms with Crippen molar-refractivity contribution < 1.29 is 5.11 Å². The first-order valence-electron chi connectivity index (χ1n) is 5.90. The molecule has 0 radical (unpaired) electrons. The molecule has 0 fully saturated rings. The SMILES string of the molecule is OCc1ccc(CSCc2c(Cl)cccc2Cl)cc1. The van der Waals surface area contributed by atoms with Crippen molar-refractivity contribution in [2.24, 2.45) is 0 Å². The summed E-state index contributed by atoms with van der Waals surface area (Å²) in [6.45, 7) is 0.0860. The lowest BCUT2D eigenvalue weighted by atomic mass is 10.2. The molecule has 2 aromatic rings. The number of thioether (sulfide) groups is 1. The molecule has 0 amide bonds. The fourth-order valence-corrected chi connectivity index (χ4v) is 3.42. The summed E-state index contributed by atoms with van der Waals surface area (Å²) in [4.78, 5) is 0. The molecule has 0 aliphatic carbocycles. The van der Waals surface area contributed by atoms with Crippen molar-refractivity contribution in [3.05, 3.63) is 69.2 Å². The Morgan fingerprint density at radius 2 is 1.42 bits per heavy atom. The minimum absolute atomic E-state index is 0.0860. The van der Waals surface area contributed by atoms with Gasteiger partial charge in [-0.1, -0.05) is 53.5 Å². The number of benzene rings is 2. The predicted molar refractivity (Wildman–Crippen MR) is 83.8 cm³/mol. The number of halogens is 2. The second kappa shape index (κ2) is 7.20. The van der Waals surface area contributed by atoms with Gasteiger partial charge in [-0.25, -0.2) is 0 Å². The maximum Gasteiger partial charge on any atom is 0.0681 e. The van der Waals surface area contributed by atoms with E-state index < -0.39 is 0 Å². The standard InChI is InChI=1S/C15H14Cl2OS/c16-14-2-1-3-15(17)13(14)10-19-9-12-6-4-11(8-18)5-7-12/h1-7,18H,8-10H2. The minimum Gasteiger partial charge on any atom is -0.392 e. The van der Waals surface area contributed by atoms with Crippen molar-refractivity contribution in [2.45, 2.75) is 18.1 Å². The Hall–Kier alpha value is -0.670. The molecule has 0 saturated carbocycles. The normalized spacial score (nSPS) is 10.7. The van der Waals surface area contributed by atoms with Crippen molar-refractivity contribution in [1.29, 1.82) is 0 Å². The van der Waals surface area contributed by atoms with Gasteiger partial charge in [0.25, 0.3) is 0 Å². The summed E-state index contributed by atoms with van der Waals surface area (Å²) in [6, 6.07) is 13.5. The van der Waals surface area contributed by atoms with Crippen molar-refractivity contribution in [3.8, 4) is 0 Å². The number of rotatable bonds is 5. The third-order valence-corrected chi connectivity index (χ3v) is 4.52. The smallest absolute Gasteiger partial charge is 0.0681 e. The Morgan fingerprint density at radius 3 is 2.00 bits per heavy atom. The lowest BCUT2D eigenvalue weighted by Crippen LogP contribution is -1.88. The van der Waals surface area contributed by atoms with Gasteiger partial charge in [-0.3, -0.25) is 0 Å². The summed E-state index contributed by atoms with van der Waals surface area (Å²) >= 11 is 14.0. The second-order valence-electron chi connectivity index (χ2n) is 4.17. The van der Waals surface area contributed by atoms with E-state index in [-0.39, 0.29) is 6.61 Å². The fourth-order valence-electron chi connectivity index (χ4n) is 1.68. The van der Waals surface area contributed by atoms with Gasteiger partial charge in [0.15, 0.2) is 0 Å². The first kappa shape index (κ1) is 14.7. The molecule has 0 heterocycles. The first-order valence-corrected chi connectivity index (χ1v) is 7.81. The van der Waals surface area contributed by atoms with E-state index in [1.165, 1.54) is 5.56 Å². The zero-order valence-electron chi connectivity index (χ0n) is 10.3. The molecule has 0 spiro atoms. The zero-order chi connectivity index (χ0) is 13.7. The maximum atomic E-state index is 8.98. The number of aliphatic hydroxyl groups excluding tert-OH is 1. The second-order valence-corrected chi connectivity index (χ2v) is 5.97. The van der Waals surface area contributed by atoms with E-state index in [1.807, 2.05) is 42.5 Å². The molecular formula is C15H14Cl2OS. The van der Waals surface area contributed by atoms with Gasteiger partial charge in [-0.15, -0.1) is 0 Å². The van der Waals surface area contributed by atoms with Gasteiger partial charge < -0.3 is 5.11 Å². The quantitative estimate of drug-likeness (QED) is 0.845. The Bertz CT molecular complexity index is 520. The van der Waals surface area contributed by atoms with Crippen LogP contribution < -0.4 is 0 Å². The summed E-state index contributed by atoms with van der Waals surface area (Å²) in [6.07, 6.45) is 0. The lowest BCUT2D eigenvalue weighted by Gasteiger charge is -2.07. The third-order valence-electron chi connectivity index (χ3n) is 2.78. The Kier molecular flexibility index (Phi) is 5.59. The van der Waals surface area contributed by atoms with E-state index >= 15 is 0 Å². The number of hydrogen-bond acceptors (Lipinski definition) is 2. The van der Waals surface area contributed by atoms with Crippen LogP contribution in [0.4, 0.5) is 0 Å². The summed E-state index contributed by atoms with van der Waals surface area (Å²) in [5.41, 5.74) is 3.15. The van der Waals surface area contributed by atoms with Crippen LogP contribution in [-0.4, -0.2) is 5.11 Å². The third kappa shape index (κ3) is 4.15. The van der Waals surface area contributed by atoms with E-state index in [9.17, 15) is 0 Å². The molecule has 0 unspecified atom stereocenters. The largest absolute Gasteiger partial charge is 0.392 e. The molecule has 2 aromatic carbocycles. The van der Waals surface area contributed by atoms with Crippen LogP contribution in [0, 0.1) is 0 Å². The van der Waals surface area contributed by atoms with E-state index in [2.05, 4.69) is 0 Å². The topological polar surface area (TPSA) is 20.2 Å². The van der Waals surface area contributed by atoms with Crippen LogP contribution in [0.3, 0.4) is 0 Å². The molecule has 2 rings (SSSR count). The first-order chi connectivity index (χ1) is 9.20. The molecule has 100 valence electrons. The van der Waals surface area contributed by atoms with Crippen molar-refractivity contribution in [2.75, 3.05) is 0 Å². The monoisotopic (exact) mass is 312 g/mol. The summed E-state index contributed by atoms with van der Waals surface area (Å²) in [5, 5.41) is 10.4. The van der Waals surface area contributed by atoms with E-state index in [0.717, 1.165) is 32.7 Å². The van der Waals surface area contributed by atoms with Crippen molar-refractivity contribution in [3.63, 3.8) is 0 Å². The molecule has 0 aromatic heterocycles. The highest BCUT2D eigenvalue weighted by Crippen LogP contribution is 2.29. The number of hydrogen-bond donors (Lipinski definition) is 1.